The molecule has 0 aliphatic carbocycles. The van der Waals surface area contributed by atoms with Gasteiger partial charge in [-0.25, -0.2) is 0 Å². The standard InChI is InChI=1S/C14H17N3O5/c1-22-12-6-8(10(17(20)21)7-11(12)18)13-15-14(19)9-4-2-3-5-16(9)13/h6-7,9,13,18H,2-5H2,1H3,(H,15,19). The maximum absolute atomic E-state index is 12.1. The largest absolute Gasteiger partial charge is 0.504 e. The fourth-order valence-electron chi connectivity index (χ4n) is 3.23. The molecule has 0 aromatic heterocycles. The number of phenols is 1. The lowest BCUT2D eigenvalue weighted by atomic mass is 10.0. The van der Waals surface area contributed by atoms with Gasteiger partial charge in [0.15, 0.2) is 11.5 Å². The number of nitro groups is 1. The van der Waals surface area contributed by atoms with Crippen molar-refractivity contribution in [1.82, 2.24) is 10.2 Å². The normalized spacial score (nSPS) is 24.7. The Labute approximate surface area is 126 Å². The second kappa shape index (κ2) is 5.45. The van der Waals surface area contributed by atoms with Crippen LogP contribution in [0.2, 0.25) is 0 Å². The number of hydrogen-bond donors (Lipinski definition) is 2. The van der Waals surface area contributed by atoms with Crippen LogP contribution in [-0.4, -0.2) is 40.5 Å². The Morgan fingerprint density at radius 3 is 2.91 bits per heavy atom. The lowest BCUT2D eigenvalue weighted by Crippen LogP contribution is -2.38. The Kier molecular flexibility index (Phi) is 3.61. The summed E-state index contributed by atoms with van der Waals surface area (Å²) in [6.45, 7) is 0.703. The number of amides is 1. The Balaban J connectivity index is 2.06. The topological polar surface area (TPSA) is 105 Å². The van der Waals surface area contributed by atoms with Crippen molar-refractivity contribution in [2.24, 2.45) is 0 Å². The average molecular weight is 307 g/mol. The van der Waals surface area contributed by atoms with E-state index in [1.807, 2.05) is 4.90 Å². The molecule has 2 heterocycles. The first-order chi connectivity index (χ1) is 10.5. The van der Waals surface area contributed by atoms with Crippen molar-refractivity contribution in [2.75, 3.05) is 13.7 Å². The summed E-state index contributed by atoms with van der Waals surface area (Å²) in [6, 6.07) is 2.26. The first kappa shape index (κ1) is 14.6. The summed E-state index contributed by atoms with van der Waals surface area (Å²) < 4.78 is 5.04. The molecule has 8 heteroatoms. The Morgan fingerprint density at radius 1 is 1.45 bits per heavy atom. The number of methoxy groups -OCH3 is 1. The van der Waals surface area contributed by atoms with Gasteiger partial charge in [0.1, 0.15) is 6.17 Å². The highest BCUT2D eigenvalue weighted by Gasteiger charge is 2.44. The van der Waals surface area contributed by atoms with E-state index in [9.17, 15) is 20.0 Å². The number of ether oxygens (including phenoxy) is 1. The average Bonchev–Trinajstić information content (AvgIpc) is 2.84. The number of hydrogen-bond acceptors (Lipinski definition) is 6. The maximum atomic E-state index is 12.1. The second-order valence-corrected chi connectivity index (χ2v) is 5.50. The van der Waals surface area contributed by atoms with Crippen LogP contribution >= 0.6 is 0 Å². The fourth-order valence-corrected chi connectivity index (χ4v) is 3.23. The van der Waals surface area contributed by atoms with Crippen LogP contribution in [-0.2, 0) is 4.79 Å². The van der Waals surface area contributed by atoms with Crippen LogP contribution in [0.3, 0.4) is 0 Å². The Bertz CT molecular complexity index is 633. The zero-order valence-electron chi connectivity index (χ0n) is 12.1. The number of benzene rings is 1. The molecule has 3 rings (SSSR count). The maximum Gasteiger partial charge on any atom is 0.280 e. The van der Waals surface area contributed by atoms with Crippen molar-refractivity contribution in [2.45, 2.75) is 31.5 Å². The molecule has 1 amide bonds. The van der Waals surface area contributed by atoms with E-state index in [-0.39, 0.29) is 29.1 Å². The van der Waals surface area contributed by atoms with Crippen molar-refractivity contribution >= 4 is 11.6 Å². The lowest BCUT2D eigenvalue weighted by Gasteiger charge is -2.31. The number of nitrogens with one attached hydrogen (secondary N) is 1. The minimum Gasteiger partial charge on any atom is -0.504 e. The van der Waals surface area contributed by atoms with Crippen molar-refractivity contribution in [3.05, 3.63) is 27.8 Å². The molecule has 2 atom stereocenters. The van der Waals surface area contributed by atoms with Crippen LogP contribution in [0.1, 0.15) is 31.0 Å². The third-order valence-electron chi connectivity index (χ3n) is 4.28. The number of phenolic OH excluding ortho intramolecular Hbond substituents is 1. The number of rotatable bonds is 3. The number of carbonyl (C=O) groups is 1. The molecule has 1 aromatic rings. The lowest BCUT2D eigenvalue weighted by molar-refractivity contribution is -0.386. The summed E-state index contributed by atoms with van der Waals surface area (Å²) in [5.74, 6) is -0.251. The summed E-state index contributed by atoms with van der Waals surface area (Å²) in [5, 5.41) is 23.9. The number of nitro benzene ring substituents is 1. The molecule has 2 saturated heterocycles. The van der Waals surface area contributed by atoms with Gasteiger partial charge in [-0.2, -0.15) is 0 Å². The molecule has 2 aliphatic heterocycles. The van der Waals surface area contributed by atoms with Crippen LogP contribution in [0.5, 0.6) is 11.5 Å². The SMILES string of the molecule is COc1cc(C2NC(=O)C3CCCCN32)c([N+](=O)[O-])cc1O. The Morgan fingerprint density at radius 2 is 2.23 bits per heavy atom. The van der Waals surface area contributed by atoms with E-state index in [2.05, 4.69) is 5.32 Å². The molecule has 1 aromatic carbocycles. The van der Waals surface area contributed by atoms with Crippen LogP contribution in [0.4, 0.5) is 5.69 Å². The summed E-state index contributed by atoms with van der Waals surface area (Å²) >= 11 is 0. The molecule has 0 saturated carbocycles. The molecular formula is C14H17N3O5. The van der Waals surface area contributed by atoms with Gasteiger partial charge in [-0.15, -0.1) is 0 Å². The van der Waals surface area contributed by atoms with Gasteiger partial charge in [0.05, 0.1) is 29.7 Å². The number of carbonyl (C=O) groups excluding carboxylic acids is 1. The number of aromatic hydroxyl groups is 1. The summed E-state index contributed by atoms with van der Waals surface area (Å²) in [6.07, 6.45) is 2.12. The highest BCUT2D eigenvalue weighted by molar-refractivity contribution is 5.84. The molecule has 2 unspecified atom stereocenters. The van der Waals surface area contributed by atoms with Gasteiger partial charge in [-0.3, -0.25) is 19.8 Å². The number of nitrogens with zero attached hydrogens (tertiary/aromatic N) is 2. The molecule has 2 fully saturated rings. The molecular weight excluding hydrogens is 290 g/mol. The van der Waals surface area contributed by atoms with Crippen molar-refractivity contribution in [3.8, 4) is 11.5 Å². The third-order valence-corrected chi connectivity index (χ3v) is 4.28. The predicted octanol–water partition coefficient (Wildman–Crippen LogP) is 1.29. The van der Waals surface area contributed by atoms with E-state index in [0.717, 1.165) is 25.3 Å². The summed E-state index contributed by atoms with van der Waals surface area (Å²) in [7, 11) is 1.38. The Hall–Kier alpha value is -2.35. The van der Waals surface area contributed by atoms with Crippen molar-refractivity contribution in [3.63, 3.8) is 0 Å². The molecule has 0 spiro atoms. The molecule has 22 heavy (non-hydrogen) atoms. The van der Waals surface area contributed by atoms with Gasteiger partial charge in [-0.1, -0.05) is 6.42 Å². The molecule has 2 aliphatic rings. The summed E-state index contributed by atoms with van der Waals surface area (Å²) in [4.78, 5) is 24.8. The van der Waals surface area contributed by atoms with E-state index >= 15 is 0 Å². The van der Waals surface area contributed by atoms with Gasteiger partial charge in [-0.05, 0) is 18.9 Å². The fraction of sp³-hybridized carbons (Fsp3) is 0.500. The zero-order valence-corrected chi connectivity index (χ0v) is 12.1. The molecule has 8 nitrogen and oxygen atoms in total. The van der Waals surface area contributed by atoms with E-state index in [1.165, 1.54) is 13.2 Å². The van der Waals surface area contributed by atoms with E-state index in [4.69, 9.17) is 4.74 Å². The van der Waals surface area contributed by atoms with E-state index in [0.29, 0.717) is 12.1 Å². The summed E-state index contributed by atoms with van der Waals surface area (Å²) in [5.41, 5.74) is 0.104. The monoisotopic (exact) mass is 307 g/mol. The van der Waals surface area contributed by atoms with Crippen LogP contribution in [0.15, 0.2) is 12.1 Å². The number of piperidine rings is 1. The first-order valence-electron chi connectivity index (χ1n) is 7.14. The van der Waals surface area contributed by atoms with Gasteiger partial charge in [0, 0.05) is 6.54 Å². The van der Waals surface area contributed by atoms with Crippen LogP contribution in [0, 0.1) is 10.1 Å². The van der Waals surface area contributed by atoms with Gasteiger partial charge in [0.25, 0.3) is 5.69 Å². The minimum atomic E-state index is -0.562. The first-order valence-corrected chi connectivity index (χ1v) is 7.14. The van der Waals surface area contributed by atoms with Crippen LogP contribution in [0.25, 0.3) is 0 Å². The van der Waals surface area contributed by atoms with Crippen LogP contribution < -0.4 is 10.1 Å². The van der Waals surface area contributed by atoms with Crippen molar-refractivity contribution in [1.29, 1.82) is 0 Å². The third kappa shape index (κ3) is 2.25. The zero-order chi connectivity index (χ0) is 15.9. The molecule has 0 radical (unpaired) electrons. The predicted molar refractivity (Wildman–Crippen MR) is 76.5 cm³/mol. The minimum absolute atomic E-state index is 0.106. The number of fused-ring (bicyclic) bond motifs is 1. The van der Waals surface area contributed by atoms with Gasteiger partial charge < -0.3 is 15.2 Å². The van der Waals surface area contributed by atoms with E-state index < -0.39 is 11.1 Å². The van der Waals surface area contributed by atoms with Crippen molar-refractivity contribution < 1.29 is 19.6 Å². The second-order valence-electron chi connectivity index (χ2n) is 5.50. The highest BCUT2D eigenvalue weighted by Crippen LogP contribution is 2.41. The molecule has 2 N–H and O–H groups in total. The molecule has 118 valence electrons. The molecule has 0 bridgehead atoms. The van der Waals surface area contributed by atoms with Gasteiger partial charge in [0.2, 0.25) is 5.91 Å². The highest BCUT2D eigenvalue weighted by atomic mass is 16.6. The quantitative estimate of drug-likeness (QED) is 0.644. The van der Waals surface area contributed by atoms with Gasteiger partial charge >= 0.3 is 0 Å². The smallest absolute Gasteiger partial charge is 0.280 e. The van der Waals surface area contributed by atoms with E-state index in [1.54, 1.807) is 0 Å².